The van der Waals surface area contributed by atoms with Crippen LogP contribution in [0.2, 0.25) is 0 Å². The maximum atomic E-state index is 4.39. The summed E-state index contributed by atoms with van der Waals surface area (Å²) in [5, 5.41) is 7.44. The molecule has 1 N–H and O–H groups in total. The molecule has 84 valence electrons. The smallest absolute Gasteiger partial charge is 0.112 e. The molecule has 0 amide bonds. The number of hydrogen-bond acceptors (Lipinski definition) is 4. The zero-order chi connectivity index (χ0) is 11.7. The molecule has 5 heteroatoms. The van der Waals surface area contributed by atoms with Gasteiger partial charge in [-0.25, -0.2) is 0 Å². The summed E-state index contributed by atoms with van der Waals surface area (Å²) in [5.41, 5.74) is 3.80. The Labute approximate surface area is 111 Å². The van der Waals surface area contributed by atoms with Gasteiger partial charge >= 0.3 is 0 Å². The molecule has 0 unspecified atom stereocenters. The lowest BCUT2D eigenvalue weighted by Gasteiger charge is -2.06. The van der Waals surface area contributed by atoms with Crippen LogP contribution in [0.25, 0.3) is 11.0 Å². The molecule has 0 aliphatic rings. The first-order valence-electron chi connectivity index (χ1n) is 5.02. The lowest BCUT2D eigenvalue weighted by atomic mass is 10.3. The van der Waals surface area contributed by atoms with Crippen LogP contribution in [-0.2, 0) is 0 Å². The SMILES string of the molecule is Brc1cnc2c(Nc3ccsc3)ccnc2c1. The van der Waals surface area contributed by atoms with E-state index in [1.54, 1.807) is 23.7 Å². The molecular weight excluding hydrogens is 298 g/mol. The molecule has 0 radical (unpaired) electrons. The third-order valence-electron chi connectivity index (χ3n) is 2.34. The molecule has 3 rings (SSSR count). The summed E-state index contributed by atoms with van der Waals surface area (Å²) in [7, 11) is 0. The van der Waals surface area contributed by atoms with Crippen LogP contribution in [-0.4, -0.2) is 9.97 Å². The number of anilines is 2. The Morgan fingerprint density at radius 3 is 3.00 bits per heavy atom. The van der Waals surface area contributed by atoms with Crippen molar-refractivity contribution >= 4 is 49.7 Å². The molecule has 3 aromatic heterocycles. The molecular formula is C12H8BrN3S. The number of thiophene rings is 1. The Bertz CT molecular complexity index is 652. The molecule has 3 heterocycles. The second-order valence-corrected chi connectivity index (χ2v) is 5.21. The summed E-state index contributed by atoms with van der Waals surface area (Å²) in [5.74, 6) is 0. The van der Waals surface area contributed by atoms with Crippen molar-refractivity contribution in [1.82, 2.24) is 9.97 Å². The van der Waals surface area contributed by atoms with Crippen molar-refractivity contribution in [2.45, 2.75) is 0 Å². The van der Waals surface area contributed by atoms with Gasteiger partial charge in [-0.3, -0.25) is 9.97 Å². The highest BCUT2D eigenvalue weighted by Crippen LogP contribution is 2.25. The van der Waals surface area contributed by atoms with Crippen LogP contribution in [0.15, 0.2) is 45.8 Å². The first-order chi connectivity index (χ1) is 8.33. The van der Waals surface area contributed by atoms with E-state index in [1.807, 2.05) is 23.6 Å². The van der Waals surface area contributed by atoms with Crippen LogP contribution in [0, 0.1) is 0 Å². The predicted octanol–water partition coefficient (Wildman–Crippen LogP) is 4.20. The zero-order valence-corrected chi connectivity index (χ0v) is 11.1. The molecule has 0 bridgehead atoms. The number of fused-ring (bicyclic) bond motifs is 1. The Kier molecular flexibility index (Phi) is 2.78. The molecule has 0 fully saturated rings. The number of pyridine rings is 2. The Morgan fingerprint density at radius 1 is 1.24 bits per heavy atom. The van der Waals surface area contributed by atoms with E-state index >= 15 is 0 Å². The molecule has 0 spiro atoms. The van der Waals surface area contributed by atoms with Crippen molar-refractivity contribution in [2.24, 2.45) is 0 Å². The summed E-state index contributed by atoms with van der Waals surface area (Å²) in [6.45, 7) is 0. The molecule has 0 aromatic carbocycles. The van der Waals surface area contributed by atoms with E-state index in [0.717, 1.165) is 26.9 Å². The van der Waals surface area contributed by atoms with Crippen molar-refractivity contribution in [3.63, 3.8) is 0 Å². The minimum Gasteiger partial charge on any atom is -0.353 e. The van der Waals surface area contributed by atoms with Gasteiger partial charge in [0.15, 0.2) is 0 Å². The lowest BCUT2D eigenvalue weighted by Crippen LogP contribution is -1.92. The van der Waals surface area contributed by atoms with E-state index in [-0.39, 0.29) is 0 Å². The Hall–Kier alpha value is -1.46. The van der Waals surface area contributed by atoms with Gasteiger partial charge in [-0.1, -0.05) is 0 Å². The van der Waals surface area contributed by atoms with Gasteiger partial charge < -0.3 is 5.32 Å². The van der Waals surface area contributed by atoms with E-state index in [4.69, 9.17) is 0 Å². The highest BCUT2D eigenvalue weighted by Gasteiger charge is 2.04. The molecule has 0 aliphatic heterocycles. The van der Waals surface area contributed by atoms with Crippen LogP contribution >= 0.6 is 27.3 Å². The maximum Gasteiger partial charge on any atom is 0.112 e. The fraction of sp³-hybridized carbons (Fsp3) is 0. The van der Waals surface area contributed by atoms with Crippen LogP contribution in [0.5, 0.6) is 0 Å². The number of aromatic nitrogens is 2. The van der Waals surface area contributed by atoms with Gasteiger partial charge in [0.25, 0.3) is 0 Å². The van der Waals surface area contributed by atoms with Gasteiger partial charge in [-0.2, -0.15) is 11.3 Å². The topological polar surface area (TPSA) is 37.8 Å². The van der Waals surface area contributed by atoms with E-state index < -0.39 is 0 Å². The minimum absolute atomic E-state index is 0.875. The molecule has 17 heavy (non-hydrogen) atoms. The van der Waals surface area contributed by atoms with Gasteiger partial charge in [-0.15, -0.1) is 0 Å². The van der Waals surface area contributed by atoms with Gasteiger partial charge in [-0.05, 0) is 39.5 Å². The number of nitrogens with zero attached hydrogens (tertiary/aromatic N) is 2. The number of halogens is 1. The summed E-state index contributed by atoms with van der Waals surface area (Å²) >= 11 is 5.06. The Balaban J connectivity index is 2.10. The molecule has 0 saturated carbocycles. The Morgan fingerprint density at radius 2 is 2.18 bits per heavy atom. The minimum atomic E-state index is 0.875. The second-order valence-electron chi connectivity index (χ2n) is 3.52. The first kappa shape index (κ1) is 10.7. The standard InChI is InChI=1S/C12H8BrN3S/c13-8-5-11-12(15-6-8)10(1-3-14-11)16-9-2-4-17-7-9/h1-7H,(H,14,16). The quantitative estimate of drug-likeness (QED) is 0.771. The predicted molar refractivity (Wildman–Crippen MR) is 74.8 cm³/mol. The van der Waals surface area contributed by atoms with Gasteiger partial charge in [0.2, 0.25) is 0 Å². The fourth-order valence-electron chi connectivity index (χ4n) is 1.60. The van der Waals surface area contributed by atoms with Crippen molar-refractivity contribution in [3.8, 4) is 0 Å². The zero-order valence-electron chi connectivity index (χ0n) is 8.72. The third-order valence-corrected chi connectivity index (χ3v) is 3.46. The lowest BCUT2D eigenvalue weighted by molar-refractivity contribution is 1.32. The third kappa shape index (κ3) is 2.16. The van der Waals surface area contributed by atoms with E-state index in [2.05, 4.69) is 36.6 Å². The average Bonchev–Trinajstić information content (AvgIpc) is 2.82. The monoisotopic (exact) mass is 305 g/mol. The van der Waals surface area contributed by atoms with Crippen molar-refractivity contribution in [3.05, 3.63) is 45.8 Å². The normalized spacial score (nSPS) is 10.6. The van der Waals surface area contributed by atoms with E-state index in [0.29, 0.717) is 0 Å². The van der Waals surface area contributed by atoms with E-state index in [9.17, 15) is 0 Å². The summed E-state index contributed by atoms with van der Waals surface area (Å²) in [4.78, 5) is 8.69. The molecule has 0 saturated heterocycles. The molecule has 3 aromatic rings. The van der Waals surface area contributed by atoms with Gasteiger partial charge in [0.05, 0.1) is 11.2 Å². The van der Waals surface area contributed by atoms with Crippen LogP contribution in [0.4, 0.5) is 11.4 Å². The van der Waals surface area contributed by atoms with Crippen LogP contribution < -0.4 is 5.32 Å². The van der Waals surface area contributed by atoms with Crippen LogP contribution in [0.3, 0.4) is 0 Å². The van der Waals surface area contributed by atoms with Crippen LogP contribution in [0.1, 0.15) is 0 Å². The number of hydrogen-bond donors (Lipinski definition) is 1. The van der Waals surface area contributed by atoms with Crippen molar-refractivity contribution in [1.29, 1.82) is 0 Å². The number of rotatable bonds is 2. The first-order valence-corrected chi connectivity index (χ1v) is 6.76. The van der Waals surface area contributed by atoms with Crippen molar-refractivity contribution < 1.29 is 0 Å². The van der Waals surface area contributed by atoms with E-state index in [1.165, 1.54) is 0 Å². The largest absolute Gasteiger partial charge is 0.353 e. The van der Waals surface area contributed by atoms with Gasteiger partial charge in [0.1, 0.15) is 5.52 Å². The summed E-state index contributed by atoms with van der Waals surface area (Å²) in [6.07, 6.45) is 3.56. The molecule has 0 atom stereocenters. The van der Waals surface area contributed by atoms with Gasteiger partial charge in [0, 0.05) is 27.9 Å². The molecule has 0 aliphatic carbocycles. The summed E-state index contributed by atoms with van der Waals surface area (Å²) < 4.78 is 0.935. The number of nitrogens with one attached hydrogen (secondary N) is 1. The summed E-state index contributed by atoms with van der Waals surface area (Å²) in [6, 6.07) is 5.93. The maximum absolute atomic E-state index is 4.39. The highest BCUT2D eigenvalue weighted by molar-refractivity contribution is 9.10. The fourth-order valence-corrected chi connectivity index (χ4v) is 2.50. The average molecular weight is 306 g/mol. The second kappa shape index (κ2) is 4.43. The molecule has 3 nitrogen and oxygen atoms in total. The highest BCUT2D eigenvalue weighted by atomic mass is 79.9. The van der Waals surface area contributed by atoms with Crippen molar-refractivity contribution in [2.75, 3.05) is 5.32 Å².